The van der Waals surface area contributed by atoms with Crippen molar-refractivity contribution in [3.05, 3.63) is 51.5 Å². The molecule has 9 heteroatoms. The van der Waals surface area contributed by atoms with Crippen LogP contribution in [0.15, 0.2) is 40.9 Å². The normalized spacial score (nSPS) is 11.8. The first kappa shape index (κ1) is 16.4. The number of urea groups is 1. The van der Waals surface area contributed by atoms with Crippen LogP contribution >= 0.6 is 27.5 Å². The van der Waals surface area contributed by atoms with Crippen molar-refractivity contribution in [1.29, 1.82) is 0 Å². The molecule has 0 spiro atoms. The van der Waals surface area contributed by atoms with Crippen molar-refractivity contribution in [2.75, 3.05) is 12.1 Å². The van der Waals surface area contributed by atoms with E-state index in [1.807, 2.05) is 0 Å². The van der Waals surface area contributed by atoms with E-state index in [1.54, 1.807) is 36.4 Å². The molecular formula is C15H11BrClN3O4. The van der Waals surface area contributed by atoms with Crippen LogP contribution in [-0.2, 0) is 0 Å². The standard InChI is InChI=1S/C15H11BrClN3O4/c16-8-1-3-11(17)10(5-8)14(21)19-20-15(22)18-9-2-4-12-13(6-9)24-7-23-12/h1-6H,7H2,(H,19,21)(H2,18,20,22). The summed E-state index contributed by atoms with van der Waals surface area (Å²) in [5, 5.41) is 2.83. The molecule has 1 heterocycles. The molecule has 2 aromatic carbocycles. The molecule has 0 bridgehead atoms. The summed E-state index contributed by atoms with van der Waals surface area (Å²) in [6.07, 6.45) is 0. The minimum atomic E-state index is -0.617. The first-order chi connectivity index (χ1) is 11.5. The SMILES string of the molecule is O=C(NNC(=O)c1cc(Br)ccc1Cl)Nc1ccc2c(c1)OCO2. The maximum absolute atomic E-state index is 12.0. The summed E-state index contributed by atoms with van der Waals surface area (Å²) in [5.74, 6) is 0.610. The molecule has 124 valence electrons. The Bertz CT molecular complexity index is 815. The van der Waals surface area contributed by atoms with Crippen molar-refractivity contribution in [3.63, 3.8) is 0 Å². The highest BCUT2D eigenvalue weighted by molar-refractivity contribution is 9.10. The van der Waals surface area contributed by atoms with Crippen LogP contribution in [0.25, 0.3) is 0 Å². The topological polar surface area (TPSA) is 88.7 Å². The van der Waals surface area contributed by atoms with Gasteiger partial charge in [0.1, 0.15) is 0 Å². The van der Waals surface area contributed by atoms with E-state index in [2.05, 4.69) is 32.1 Å². The maximum atomic E-state index is 12.0. The molecular weight excluding hydrogens is 402 g/mol. The number of rotatable bonds is 2. The molecule has 0 aliphatic carbocycles. The van der Waals surface area contributed by atoms with E-state index in [4.69, 9.17) is 21.1 Å². The van der Waals surface area contributed by atoms with E-state index >= 15 is 0 Å². The van der Waals surface area contributed by atoms with Gasteiger partial charge in [-0.05, 0) is 30.3 Å². The summed E-state index contributed by atoms with van der Waals surface area (Å²) < 4.78 is 11.1. The van der Waals surface area contributed by atoms with Gasteiger partial charge in [0.2, 0.25) is 6.79 Å². The second-order valence-electron chi connectivity index (χ2n) is 4.73. The smallest absolute Gasteiger partial charge is 0.337 e. The Morgan fingerprint density at radius 1 is 1.04 bits per heavy atom. The molecule has 3 rings (SSSR count). The predicted octanol–water partition coefficient (Wildman–Crippen LogP) is 3.30. The van der Waals surface area contributed by atoms with E-state index in [0.29, 0.717) is 21.7 Å². The Kier molecular flexibility index (Phi) is 4.77. The van der Waals surface area contributed by atoms with Gasteiger partial charge in [-0.25, -0.2) is 10.2 Å². The van der Waals surface area contributed by atoms with Crippen molar-refractivity contribution in [2.24, 2.45) is 0 Å². The number of benzene rings is 2. The fourth-order valence-corrected chi connectivity index (χ4v) is 2.55. The fourth-order valence-electron chi connectivity index (χ4n) is 1.99. The number of nitrogens with one attached hydrogen (secondary N) is 3. The fraction of sp³-hybridized carbons (Fsp3) is 0.0667. The van der Waals surface area contributed by atoms with E-state index < -0.39 is 11.9 Å². The van der Waals surface area contributed by atoms with Crippen LogP contribution < -0.4 is 25.6 Å². The van der Waals surface area contributed by atoms with Crippen molar-refractivity contribution < 1.29 is 19.1 Å². The quantitative estimate of drug-likeness (QED) is 0.660. The summed E-state index contributed by atoms with van der Waals surface area (Å²) >= 11 is 9.21. The molecule has 1 aliphatic rings. The molecule has 0 atom stereocenters. The lowest BCUT2D eigenvalue weighted by molar-refractivity contribution is 0.0938. The van der Waals surface area contributed by atoms with Crippen LogP contribution in [0.4, 0.5) is 10.5 Å². The minimum absolute atomic E-state index is 0.147. The first-order valence-corrected chi connectivity index (χ1v) is 7.92. The summed E-state index contributed by atoms with van der Waals surface area (Å²) in [5.41, 5.74) is 5.25. The number of ether oxygens (including phenoxy) is 2. The predicted molar refractivity (Wildman–Crippen MR) is 91.3 cm³/mol. The Balaban J connectivity index is 1.57. The van der Waals surface area contributed by atoms with Crippen molar-refractivity contribution >= 4 is 45.2 Å². The van der Waals surface area contributed by atoms with Gasteiger partial charge in [-0.1, -0.05) is 27.5 Å². The highest BCUT2D eigenvalue weighted by Crippen LogP contribution is 2.34. The second-order valence-corrected chi connectivity index (χ2v) is 6.05. The summed E-state index contributed by atoms with van der Waals surface area (Å²) in [4.78, 5) is 23.9. The van der Waals surface area contributed by atoms with E-state index in [1.165, 1.54) is 0 Å². The molecule has 0 fully saturated rings. The number of halogens is 2. The number of carbonyl (C=O) groups is 2. The van der Waals surface area contributed by atoms with E-state index in [-0.39, 0.29) is 17.4 Å². The van der Waals surface area contributed by atoms with Crippen LogP contribution in [0.2, 0.25) is 5.02 Å². The van der Waals surface area contributed by atoms with Crippen LogP contribution in [-0.4, -0.2) is 18.7 Å². The molecule has 1 aliphatic heterocycles. The summed E-state index contributed by atoms with van der Waals surface area (Å²) in [7, 11) is 0. The molecule has 2 aromatic rings. The Hall–Kier alpha value is -2.45. The molecule has 3 amide bonds. The number of anilines is 1. The van der Waals surface area contributed by atoms with Gasteiger partial charge in [0.05, 0.1) is 10.6 Å². The molecule has 0 saturated heterocycles. The summed E-state index contributed by atoms with van der Waals surface area (Å²) in [6.45, 7) is 0.147. The number of carbonyl (C=O) groups excluding carboxylic acids is 2. The Morgan fingerprint density at radius 3 is 2.67 bits per heavy atom. The molecule has 24 heavy (non-hydrogen) atoms. The minimum Gasteiger partial charge on any atom is -0.454 e. The van der Waals surface area contributed by atoms with Gasteiger partial charge in [-0.15, -0.1) is 0 Å². The van der Waals surface area contributed by atoms with Crippen molar-refractivity contribution in [3.8, 4) is 11.5 Å². The largest absolute Gasteiger partial charge is 0.454 e. The van der Waals surface area contributed by atoms with Crippen molar-refractivity contribution in [2.45, 2.75) is 0 Å². The lowest BCUT2D eigenvalue weighted by Crippen LogP contribution is -2.44. The third-order valence-electron chi connectivity index (χ3n) is 3.09. The maximum Gasteiger partial charge on any atom is 0.337 e. The van der Waals surface area contributed by atoms with Crippen LogP contribution in [0.3, 0.4) is 0 Å². The van der Waals surface area contributed by atoms with Gasteiger partial charge in [-0.2, -0.15) is 0 Å². The van der Waals surface area contributed by atoms with Gasteiger partial charge >= 0.3 is 6.03 Å². The summed E-state index contributed by atoms with van der Waals surface area (Å²) in [6, 6.07) is 9.17. The number of hydrazine groups is 1. The number of amides is 3. The average molecular weight is 413 g/mol. The van der Waals surface area contributed by atoms with Gasteiger partial charge in [0, 0.05) is 16.2 Å². The van der Waals surface area contributed by atoms with Gasteiger partial charge in [0.15, 0.2) is 11.5 Å². The molecule has 0 unspecified atom stereocenters. The zero-order chi connectivity index (χ0) is 17.1. The number of fused-ring (bicyclic) bond motifs is 1. The first-order valence-electron chi connectivity index (χ1n) is 6.75. The van der Waals surface area contributed by atoms with Gasteiger partial charge < -0.3 is 14.8 Å². The lowest BCUT2D eigenvalue weighted by Gasteiger charge is -2.10. The van der Waals surface area contributed by atoms with Crippen LogP contribution in [0, 0.1) is 0 Å². The van der Waals surface area contributed by atoms with Crippen molar-refractivity contribution in [1.82, 2.24) is 10.9 Å². The monoisotopic (exact) mass is 411 g/mol. The lowest BCUT2D eigenvalue weighted by atomic mass is 10.2. The number of hydrogen-bond acceptors (Lipinski definition) is 4. The van der Waals surface area contributed by atoms with E-state index in [0.717, 1.165) is 0 Å². The third kappa shape index (κ3) is 3.72. The number of hydrogen-bond donors (Lipinski definition) is 3. The molecule has 3 N–H and O–H groups in total. The zero-order valence-corrected chi connectivity index (χ0v) is 14.4. The van der Waals surface area contributed by atoms with Gasteiger partial charge in [0.25, 0.3) is 5.91 Å². The zero-order valence-electron chi connectivity index (χ0n) is 12.1. The highest BCUT2D eigenvalue weighted by Gasteiger charge is 2.15. The second kappa shape index (κ2) is 6.98. The highest BCUT2D eigenvalue weighted by atomic mass is 79.9. The third-order valence-corrected chi connectivity index (χ3v) is 3.92. The molecule has 0 radical (unpaired) electrons. The molecule has 0 aromatic heterocycles. The Morgan fingerprint density at radius 2 is 1.83 bits per heavy atom. The molecule has 0 saturated carbocycles. The van der Waals surface area contributed by atoms with Crippen LogP contribution in [0.1, 0.15) is 10.4 Å². The molecule has 7 nitrogen and oxygen atoms in total. The van der Waals surface area contributed by atoms with E-state index in [9.17, 15) is 9.59 Å². The Labute approximate surface area is 150 Å². The van der Waals surface area contributed by atoms with Gasteiger partial charge in [-0.3, -0.25) is 10.2 Å². The average Bonchev–Trinajstić information content (AvgIpc) is 3.02. The van der Waals surface area contributed by atoms with Crippen LogP contribution in [0.5, 0.6) is 11.5 Å².